The number of nitrogens with zero attached hydrogens (tertiary/aromatic N) is 2. The van der Waals surface area contributed by atoms with Crippen LogP contribution in [-0.2, 0) is 25.7 Å². The van der Waals surface area contributed by atoms with Crippen LogP contribution >= 0.6 is 0 Å². The van der Waals surface area contributed by atoms with Crippen molar-refractivity contribution < 1.29 is 33.4 Å². The second kappa shape index (κ2) is 12.6. The van der Waals surface area contributed by atoms with Gasteiger partial charge >= 0.3 is 18.1 Å². The number of benzene rings is 2. The van der Waals surface area contributed by atoms with Gasteiger partial charge in [-0.15, -0.1) is 0 Å². The zero-order valence-electron chi connectivity index (χ0n) is 22.2. The number of nitrogens with one attached hydrogen (secondary N) is 2. The smallest absolute Gasteiger partial charge is 0.408 e. The summed E-state index contributed by atoms with van der Waals surface area (Å²) in [5.41, 5.74) is 10.9. The molecule has 6 N–H and O–H groups in total. The van der Waals surface area contributed by atoms with E-state index in [1.807, 2.05) is 6.07 Å². The predicted octanol–water partition coefficient (Wildman–Crippen LogP) is 1.63. The molecule has 1 fully saturated rings. The van der Waals surface area contributed by atoms with E-state index >= 15 is 0 Å². The zero-order chi connectivity index (χ0) is 29.4. The lowest BCUT2D eigenvalue weighted by molar-refractivity contribution is -0.157. The highest BCUT2D eigenvalue weighted by atomic mass is 16.6. The highest BCUT2D eigenvalue weighted by molar-refractivity contribution is 6.14. The van der Waals surface area contributed by atoms with Crippen LogP contribution in [0.5, 0.6) is 0 Å². The zero-order valence-corrected chi connectivity index (χ0v) is 22.2. The van der Waals surface area contributed by atoms with Gasteiger partial charge < -0.3 is 31.6 Å². The number of imide groups is 1. The van der Waals surface area contributed by atoms with Gasteiger partial charge in [0.1, 0.15) is 23.9 Å². The summed E-state index contributed by atoms with van der Waals surface area (Å²) in [6.07, 6.45) is 0.455. The van der Waals surface area contributed by atoms with Gasteiger partial charge in [0.15, 0.2) is 5.96 Å². The maximum atomic E-state index is 13.0. The molecule has 13 nitrogen and oxygen atoms in total. The van der Waals surface area contributed by atoms with Crippen LogP contribution in [0.15, 0.2) is 65.3 Å². The van der Waals surface area contributed by atoms with Crippen molar-refractivity contribution in [1.82, 2.24) is 15.5 Å². The van der Waals surface area contributed by atoms with Crippen molar-refractivity contribution in [3.8, 4) is 0 Å². The molecule has 2 aromatic rings. The van der Waals surface area contributed by atoms with Gasteiger partial charge in [-0.3, -0.25) is 14.5 Å². The number of nitrogens with two attached hydrogens (primary N) is 2. The Morgan fingerprint density at radius 2 is 1.70 bits per heavy atom. The van der Waals surface area contributed by atoms with Crippen LogP contribution in [0.2, 0.25) is 0 Å². The first-order chi connectivity index (χ1) is 18.8. The van der Waals surface area contributed by atoms with Crippen LogP contribution in [0.1, 0.15) is 42.3 Å². The molecular weight excluding hydrogens is 520 g/mol. The fourth-order valence-corrected chi connectivity index (χ4v) is 3.45. The Bertz CT molecular complexity index is 1340. The molecule has 0 aliphatic carbocycles. The predicted molar refractivity (Wildman–Crippen MR) is 144 cm³/mol. The largest absolute Gasteiger partial charge is 0.458 e. The lowest BCUT2D eigenvalue weighted by atomic mass is 10.1. The molecule has 1 aliphatic rings. The van der Waals surface area contributed by atoms with E-state index in [4.69, 9.17) is 20.9 Å². The average Bonchev–Trinajstić information content (AvgIpc) is 3.13. The van der Waals surface area contributed by atoms with Crippen molar-refractivity contribution in [1.29, 1.82) is 0 Å². The van der Waals surface area contributed by atoms with E-state index in [0.29, 0.717) is 5.56 Å². The SMILES string of the molecule is CC(C)(C)OC(=O)[C@H](CN1C(=O)N/C(=C\c2ccc(C(=O)N=C(N)N)cc2)C1=O)NC(=O)OCc1ccccc1. The third kappa shape index (κ3) is 8.41. The van der Waals surface area contributed by atoms with E-state index in [1.54, 1.807) is 45.0 Å². The highest BCUT2D eigenvalue weighted by Crippen LogP contribution is 2.17. The average molecular weight is 551 g/mol. The van der Waals surface area contributed by atoms with Crippen LogP contribution in [0, 0.1) is 0 Å². The second-order valence-electron chi connectivity index (χ2n) is 9.66. The number of urea groups is 1. The van der Waals surface area contributed by atoms with Crippen molar-refractivity contribution in [2.24, 2.45) is 16.5 Å². The Morgan fingerprint density at radius 1 is 1.05 bits per heavy atom. The van der Waals surface area contributed by atoms with Crippen molar-refractivity contribution >= 4 is 41.9 Å². The van der Waals surface area contributed by atoms with Crippen molar-refractivity contribution in [2.45, 2.75) is 39.0 Å². The van der Waals surface area contributed by atoms with Gasteiger partial charge in [0.2, 0.25) is 0 Å². The van der Waals surface area contributed by atoms with E-state index in [1.165, 1.54) is 30.3 Å². The number of rotatable bonds is 8. The van der Waals surface area contributed by atoms with Crippen LogP contribution in [0.25, 0.3) is 6.08 Å². The van der Waals surface area contributed by atoms with Gasteiger partial charge in [0, 0.05) is 5.56 Å². The summed E-state index contributed by atoms with van der Waals surface area (Å²) in [7, 11) is 0. The summed E-state index contributed by atoms with van der Waals surface area (Å²) in [6, 6.07) is 12.6. The first kappa shape index (κ1) is 29.4. The maximum Gasteiger partial charge on any atom is 0.408 e. The molecule has 0 bridgehead atoms. The Labute approximate surface area is 230 Å². The van der Waals surface area contributed by atoms with E-state index in [2.05, 4.69) is 15.6 Å². The van der Waals surface area contributed by atoms with E-state index in [0.717, 1.165) is 10.5 Å². The molecule has 1 saturated heterocycles. The van der Waals surface area contributed by atoms with Crippen molar-refractivity contribution in [3.63, 3.8) is 0 Å². The first-order valence-corrected chi connectivity index (χ1v) is 12.1. The Balaban J connectivity index is 1.73. The lowest BCUT2D eigenvalue weighted by Gasteiger charge is -2.26. The molecule has 13 heteroatoms. The minimum absolute atomic E-state index is 0.0555. The number of carbonyl (C=O) groups excluding carboxylic acids is 5. The Morgan fingerprint density at radius 3 is 2.30 bits per heavy atom. The molecule has 0 unspecified atom stereocenters. The normalized spacial score (nSPS) is 14.8. The quantitative estimate of drug-likeness (QED) is 0.124. The van der Waals surface area contributed by atoms with Crippen LogP contribution in [-0.4, -0.2) is 59.0 Å². The summed E-state index contributed by atoms with van der Waals surface area (Å²) in [6.45, 7) is 4.35. The number of ether oxygens (including phenoxy) is 2. The summed E-state index contributed by atoms with van der Waals surface area (Å²) >= 11 is 0. The first-order valence-electron chi connectivity index (χ1n) is 12.1. The highest BCUT2D eigenvalue weighted by Gasteiger charge is 2.38. The van der Waals surface area contributed by atoms with Gasteiger partial charge in [-0.25, -0.2) is 14.4 Å². The molecule has 0 radical (unpaired) electrons. The Kier molecular flexibility index (Phi) is 9.22. The van der Waals surface area contributed by atoms with Crippen LogP contribution in [0.3, 0.4) is 0 Å². The molecule has 3 rings (SSSR count). The molecular formula is C27H30N6O7. The van der Waals surface area contributed by atoms with Crippen LogP contribution < -0.4 is 22.1 Å². The van der Waals surface area contributed by atoms with Crippen molar-refractivity contribution in [2.75, 3.05) is 6.54 Å². The molecule has 40 heavy (non-hydrogen) atoms. The van der Waals surface area contributed by atoms with E-state index in [-0.39, 0.29) is 23.8 Å². The molecule has 5 amide bonds. The standard InChI is InChI=1S/C27H30N6O7/c1-27(2,3)40-23(36)20(31-26(38)39-15-17-7-5-4-6-8-17)14-33-22(35)19(30-25(33)37)13-16-9-11-18(12-10-16)21(34)32-24(28)29/h4-13,20H,14-15H2,1-3H3,(H,30,37)(H,31,38)(H4,28,29,32,34)/b19-13-/t20-/m0/s1. The molecule has 0 saturated carbocycles. The molecule has 0 spiro atoms. The van der Waals surface area contributed by atoms with Gasteiger partial charge in [-0.05, 0) is 50.1 Å². The molecule has 1 atom stereocenters. The minimum atomic E-state index is -1.41. The van der Waals surface area contributed by atoms with E-state index < -0.39 is 48.1 Å². The van der Waals surface area contributed by atoms with Crippen molar-refractivity contribution in [3.05, 3.63) is 77.0 Å². The summed E-state index contributed by atoms with van der Waals surface area (Å²) in [4.78, 5) is 67.2. The summed E-state index contributed by atoms with van der Waals surface area (Å²) < 4.78 is 10.6. The number of hydrogen-bond donors (Lipinski definition) is 4. The third-order valence-corrected chi connectivity index (χ3v) is 5.22. The Hall–Kier alpha value is -5.20. The molecule has 1 heterocycles. The fraction of sp³-hybridized carbons (Fsp3) is 0.259. The van der Waals surface area contributed by atoms with Crippen LogP contribution in [0.4, 0.5) is 9.59 Å². The van der Waals surface area contributed by atoms with Gasteiger partial charge in [-0.1, -0.05) is 42.5 Å². The monoisotopic (exact) mass is 550 g/mol. The topological polar surface area (TPSA) is 196 Å². The molecule has 0 aromatic heterocycles. The number of aliphatic imine (C=N–C) groups is 1. The molecule has 1 aliphatic heterocycles. The maximum absolute atomic E-state index is 13.0. The number of carbonyl (C=O) groups is 5. The number of hydrogen-bond acceptors (Lipinski definition) is 7. The van der Waals surface area contributed by atoms with E-state index in [9.17, 15) is 24.0 Å². The van der Waals surface area contributed by atoms with Gasteiger partial charge in [0.25, 0.3) is 11.8 Å². The minimum Gasteiger partial charge on any atom is -0.458 e. The second-order valence-corrected chi connectivity index (χ2v) is 9.66. The lowest BCUT2D eigenvalue weighted by Crippen LogP contribution is -2.52. The summed E-state index contributed by atoms with van der Waals surface area (Å²) in [5.74, 6) is -2.61. The number of amides is 5. The molecule has 2 aromatic carbocycles. The number of esters is 1. The third-order valence-electron chi connectivity index (χ3n) is 5.22. The summed E-state index contributed by atoms with van der Waals surface area (Å²) in [5, 5.41) is 4.82. The fourth-order valence-electron chi connectivity index (χ4n) is 3.45. The van der Waals surface area contributed by atoms with Gasteiger partial charge in [-0.2, -0.15) is 4.99 Å². The number of alkyl carbamates (subject to hydrolysis) is 1. The molecule has 210 valence electrons. The number of guanidine groups is 1. The van der Waals surface area contributed by atoms with Gasteiger partial charge in [0.05, 0.1) is 6.54 Å².